The van der Waals surface area contributed by atoms with Crippen molar-refractivity contribution in [3.05, 3.63) is 111 Å². The summed E-state index contributed by atoms with van der Waals surface area (Å²) in [5.41, 5.74) is 6.13. The Hall–Kier alpha value is -5.68. The lowest BCUT2D eigenvalue weighted by molar-refractivity contribution is -0.139. The van der Waals surface area contributed by atoms with Crippen LogP contribution in [0, 0.1) is 25.2 Å². The molecule has 1 fully saturated rings. The van der Waals surface area contributed by atoms with Crippen LogP contribution in [0.4, 0.5) is 4.79 Å². The molecule has 4 aromatic rings. The van der Waals surface area contributed by atoms with Gasteiger partial charge in [-0.25, -0.2) is 4.79 Å². The largest absolute Gasteiger partial charge is 0.488 e. The summed E-state index contributed by atoms with van der Waals surface area (Å²) in [6.07, 6.45) is 2.29. The van der Waals surface area contributed by atoms with Crippen LogP contribution in [0.5, 0.6) is 11.5 Å². The number of hydrogen-bond donors (Lipinski definition) is 3. The maximum atomic E-state index is 13.4. The van der Waals surface area contributed by atoms with Gasteiger partial charge in [0.05, 0.1) is 23.8 Å². The molecule has 14 heteroatoms. The molecule has 3 N–H and O–H groups in total. The van der Waals surface area contributed by atoms with Gasteiger partial charge in [-0.2, -0.15) is 5.26 Å². The molecule has 2 amide bonds. The highest BCUT2D eigenvalue weighted by Gasteiger charge is 2.24. The van der Waals surface area contributed by atoms with Crippen LogP contribution in [0.2, 0.25) is 5.02 Å². The predicted molar refractivity (Wildman–Crippen MR) is 210 cm³/mol. The molecular weight excluding hydrogens is 738 g/mol. The normalized spacial score (nSPS) is 13.3. The number of hydrogen-bond acceptors (Lipinski definition) is 10. The zero-order valence-corrected chi connectivity index (χ0v) is 32.9. The first-order chi connectivity index (χ1) is 26.7. The highest BCUT2D eigenvalue weighted by molar-refractivity contribution is 6.32. The number of nitriles is 1. The molecule has 2 heterocycles. The number of benzene rings is 3. The molecule has 1 aliphatic rings. The topological polar surface area (TPSA) is 172 Å². The molecule has 0 unspecified atom stereocenters. The summed E-state index contributed by atoms with van der Waals surface area (Å²) in [6, 6.07) is 17.5. The number of morpholine rings is 1. The summed E-state index contributed by atoms with van der Waals surface area (Å²) < 4.78 is 23.2. The van der Waals surface area contributed by atoms with E-state index in [0.29, 0.717) is 60.1 Å². The van der Waals surface area contributed by atoms with Gasteiger partial charge in [0.25, 0.3) is 5.91 Å². The van der Waals surface area contributed by atoms with Gasteiger partial charge in [-0.05, 0) is 80.6 Å². The van der Waals surface area contributed by atoms with E-state index < -0.39 is 23.7 Å². The Morgan fingerprint density at radius 2 is 1.66 bits per heavy atom. The minimum absolute atomic E-state index is 0.00634. The Balaban J connectivity index is 1.36. The van der Waals surface area contributed by atoms with E-state index in [1.165, 1.54) is 6.20 Å². The fraction of sp³-hybridized carbons (Fsp3) is 0.357. The second kappa shape index (κ2) is 18.8. The minimum atomic E-state index is -1.18. The zero-order chi connectivity index (χ0) is 40.4. The van der Waals surface area contributed by atoms with Gasteiger partial charge in [0.1, 0.15) is 42.4 Å². The third-order valence-corrected chi connectivity index (χ3v) is 9.40. The van der Waals surface area contributed by atoms with Gasteiger partial charge >= 0.3 is 12.1 Å². The van der Waals surface area contributed by atoms with E-state index in [-0.39, 0.29) is 37.2 Å². The van der Waals surface area contributed by atoms with Crippen LogP contribution in [0.3, 0.4) is 0 Å². The van der Waals surface area contributed by atoms with Crippen molar-refractivity contribution in [3.8, 4) is 28.7 Å². The minimum Gasteiger partial charge on any atom is -0.488 e. The second-order valence-corrected chi connectivity index (χ2v) is 14.7. The molecule has 5 rings (SSSR count). The summed E-state index contributed by atoms with van der Waals surface area (Å²) in [6.45, 7) is 11.2. The molecule has 1 aromatic heterocycles. The number of ether oxygens (including phenoxy) is 4. The Labute approximate surface area is 331 Å². The Morgan fingerprint density at radius 3 is 2.36 bits per heavy atom. The number of carboxylic acids is 1. The van der Waals surface area contributed by atoms with Crippen LogP contribution >= 0.6 is 11.6 Å². The standard InChI is InChI=1S/C42H46ClN5O8/c1-26-30(8-6-9-32(26)33-10-7-11-34(27(33)2)39(49)48-12-14-53-15-13-48)25-55-38-18-37(54-24-29-16-28(19-44)20-45-21-29)31(17-35(38)43)22-46-36(40(50)51)23-47-41(52)56-42(3,4)5/h6-11,16-18,20-21,36,46H,12-15,22-25H2,1-5H3,(H,47,52)(H,50,51)/t36-/m0/s1. The van der Waals surface area contributed by atoms with Gasteiger partial charge < -0.3 is 34.3 Å². The van der Waals surface area contributed by atoms with Crippen LogP contribution in [0.25, 0.3) is 11.1 Å². The van der Waals surface area contributed by atoms with Crippen LogP contribution < -0.4 is 20.1 Å². The summed E-state index contributed by atoms with van der Waals surface area (Å²) in [4.78, 5) is 43.6. The molecule has 1 atom stereocenters. The number of rotatable bonds is 14. The lowest BCUT2D eigenvalue weighted by atomic mass is 9.91. The predicted octanol–water partition coefficient (Wildman–Crippen LogP) is 6.59. The molecule has 0 bridgehead atoms. The van der Waals surface area contributed by atoms with Crippen molar-refractivity contribution < 1.29 is 38.4 Å². The molecule has 13 nitrogen and oxygen atoms in total. The Morgan fingerprint density at radius 1 is 0.964 bits per heavy atom. The fourth-order valence-corrected chi connectivity index (χ4v) is 6.35. The van der Waals surface area contributed by atoms with E-state index in [1.54, 1.807) is 45.2 Å². The number of halogens is 1. The molecule has 1 saturated heterocycles. The summed E-state index contributed by atoms with van der Waals surface area (Å²) in [5.74, 6) is -0.514. The molecular formula is C42H46ClN5O8. The number of aromatic nitrogens is 1. The number of nitrogens with zero attached hydrogens (tertiary/aromatic N) is 3. The van der Waals surface area contributed by atoms with Crippen molar-refractivity contribution in [2.24, 2.45) is 0 Å². The first-order valence-corrected chi connectivity index (χ1v) is 18.5. The molecule has 0 saturated carbocycles. The second-order valence-electron chi connectivity index (χ2n) is 14.3. The van der Waals surface area contributed by atoms with Gasteiger partial charge in [0, 0.05) is 61.3 Å². The molecule has 0 radical (unpaired) electrons. The van der Waals surface area contributed by atoms with Crippen LogP contribution in [-0.4, -0.2) is 77.5 Å². The van der Waals surface area contributed by atoms with Crippen molar-refractivity contribution in [1.29, 1.82) is 5.26 Å². The quantitative estimate of drug-likeness (QED) is 0.126. The smallest absolute Gasteiger partial charge is 0.407 e. The van der Waals surface area contributed by atoms with E-state index >= 15 is 0 Å². The van der Waals surface area contributed by atoms with Crippen molar-refractivity contribution in [2.45, 2.75) is 66.0 Å². The lowest BCUT2D eigenvalue weighted by Gasteiger charge is -2.27. The molecule has 3 aromatic carbocycles. The Kier molecular flexibility index (Phi) is 13.9. The van der Waals surface area contributed by atoms with Crippen LogP contribution in [0.1, 0.15) is 64.5 Å². The van der Waals surface area contributed by atoms with E-state index in [4.69, 9.17) is 30.5 Å². The summed E-state index contributed by atoms with van der Waals surface area (Å²) >= 11 is 6.78. The number of pyridine rings is 1. The lowest BCUT2D eigenvalue weighted by Crippen LogP contribution is -2.46. The highest BCUT2D eigenvalue weighted by atomic mass is 35.5. The monoisotopic (exact) mass is 783 g/mol. The average Bonchev–Trinajstić information content (AvgIpc) is 3.17. The number of alkyl carbamates (subject to hydrolysis) is 1. The number of carboxylic acid groups (broad SMARTS) is 1. The van der Waals surface area contributed by atoms with Crippen LogP contribution in [0.15, 0.2) is 67.0 Å². The van der Waals surface area contributed by atoms with E-state index in [2.05, 4.69) is 21.7 Å². The number of amides is 2. The van der Waals surface area contributed by atoms with Crippen LogP contribution in [-0.2, 0) is 34.0 Å². The Bertz CT molecular complexity index is 2110. The first kappa shape index (κ1) is 41.5. The van der Waals surface area contributed by atoms with Gasteiger partial charge in [0.2, 0.25) is 0 Å². The average molecular weight is 784 g/mol. The van der Waals surface area contributed by atoms with Crippen molar-refractivity contribution in [1.82, 2.24) is 20.5 Å². The van der Waals surface area contributed by atoms with E-state index in [9.17, 15) is 24.8 Å². The number of carbonyl (C=O) groups is 3. The molecule has 56 heavy (non-hydrogen) atoms. The zero-order valence-electron chi connectivity index (χ0n) is 32.1. The van der Waals surface area contributed by atoms with Crippen molar-refractivity contribution in [2.75, 3.05) is 32.8 Å². The first-order valence-electron chi connectivity index (χ1n) is 18.1. The molecule has 0 aliphatic carbocycles. The molecule has 294 valence electrons. The molecule has 1 aliphatic heterocycles. The van der Waals surface area contributed by atoms with E-state index in [1.807, 2.05) is 55.1 Å². The third kappa shape index (κ3) is 11.0. The number of nitrogens with one attached hydrogen (secondary N) is 2. The van der Waals surface area contributed by atoms with Gasteiger partial charge in [0.15, 0.2) is 0 Å². The SMILES string of the molecule is Cc1c(COc2cc(OCc3cncc(C#N)c3)c(CN[C@@H](CNC(=O)OC(C)(C)C)C(=O)O)cc2Cl)cccc1-c1cccc(C(=O)N2CCOCC2)c1C. The van der Waals surface area contributed by atoms with Gasteiger partial charge in [-0.1, -0.05) is 41.9 Å². The van der Waals surface area contributed by atoms with Gasteiger partial charge in [-0.3, -0.25) is 19.9 Å². The van der Waals surface area contributed by atoms with Gasteiger partial charge in [-0.15, -0.1) is 0 Å². The molecule has 0 spiro atoms. The number of aliphatic carboxylic acids is 1. The maximum absolute atomic E-state index is 13.4. The summed E-state index contributed by atoms with van der Waals surface area (Å²) in [7, 11) is 0. The third-order valence-electron chi connectivity index (χ3n) is 9.10. The van der Waals surface area contributed by atoms with E-state index in [0.717, 1.165) is 27.8 Å². The summed E-state index contributed by atoms with van der Waals surface area (Å²) in [5, 5.41) is 24.9. The maximum Gasteiger partial charge on any atom is 0.407 e. The highest BCUT2D eigenvalue weighted by Crippen LogP contribution is 2.36. The van der Waals surface area contributed by atoms with Crippen molar-refractivity contribution in [3.63, 3.8) is 0 Å². The number of carbonyl (C=O) groups excluding carboxylic acids is 2. The van der Waals surface area contributed by atoms with Crippen molar-refractivity contribution >= 4 is 29.6 Å². The fourth-order valence-electron chi connectivity index (χ4n) is 6.11.